The highest BCUT2D eigenvalue weighted by Gasteiger charge is 2.44. The molecule has 162 valence electrons. The Balaban J connectivity index is 1.62. The lowest BCUT2D eigenvalue weighted by atomic mass is 10.1. The van der Waals surface area contributed by atoms with Gasteiger partial charge in [0, 0.05) is 11.6 Å². The summed E-state index contributed by atoms with van der Waals surface area (Å²) >= 11 is 5.93. The third-order valence-electron chi connectivity index (χ3n) is 5.37. The van der Waals surface area contributed by atoms with Crippen LogP contribution in [0.2, 0.25) is 5.02 Å². The Bertz CT molecular complexity index is 1130. The van der Waals surface area contributed by atoms with Crippen LogP contribution in [0.25, 0.3) is 0 Å². The molecule has 3 aromatic carbocycles. The minimum absolute atomic E-state index is 0.0680. The standard InChI is InChI=1S/C25H20ClFN2O3/c26-19-8-6-17(7-9-19)14-23(30)28(16-18-4-2-1-3-5-18)22-15-24(31)29(25(22)32)21-12-10-20(27)11-13-21/h1-13,22H,14-16H2. The van der Waals surface area contributed by atoms with Gasteiger partial charge < -0.3 is 4.90 Å². The van der Waals surface area contributed by atoms with Crippen LogP contribution in [0.3, 0.4) is 0 Å². The molecule has 0 radical (unpaired) electrons. The molecule has 3 amide bonds. The first-order valence-electron chi connectivity index (χ1n) is 10.1. The fourth-order valence-corrected chi connectivity index (χ4v) is 3.88. The molecule has 0 saturated carbocycles. The van der Waals surface area contributed by atoms with Gasteiger partial charge in [0.2, 0.25) is 11.8 Å². The van der Waals surface area contributed by atoms with Gasteiger partial charge in [0.1, 0.15) is 11.9 Å². The van der Waals surface area contributed by atoms with E-state index in [0.717, 1.165) is 16.0 Å². The Hall–Kier alpha value is -3.51. The SMILES string of the molecule is O=C1CC(N(Cc2ccccc2)C(=O)Cc2ccc(Cl)cc2)C(=O)N1c1ccc(F)cc1. The van der Waals surface area contributed by atoms with Crippen molar-refractivity contribution in [3.63, 3.8) is 0 Å². The van der Waals surface area contributed by atoms with Crippen LogP contribution in [0.15, 0.2) is 78.9 Å². The molecule has 1 aliphatic heterocycles. The van der Waals surface area contributed by atoms with Crippen LogP contribution in [0.1, 0.15) is 17.5 Å². The molecule has 1 unspecified atom stereocenters. The Morgan fingerprint density at radius 1 is 0.938 bits per heavy atom. The number of carbonyl (C=O) groups excluding carboxylic acids is 3. The summed E-state index contributed by atoms with van der Waals surface area (Å²) in [7, 11) is 0. The van der Waals surface area contributed by atoms with Crippen LogP contribution in [-0.2, 0) is 27.3 Å². The number of halogens is 2. The third-order valence-corrected chi connectivity index (χ3v) is 5.62. The Morgan fingerprint density at radius 3 is 2.25 bits per heavy atom. The van der Waals surface area contributed by atoms with Crippen molar-refractivity contribution in [2.45, 2.75) is 25.4 Å². The molecular weight excluding hydrogens is 431 g/mol. The zero-order valence-electron chi connectivity index (χ0n) is 17.1. The minimum atomic E-state index is -0.937. The van der Waals surface area contributed by atoms with Gasteiger partial charge in [0.15, 0.2) is 0 Å². The molecule has 1 heterocycles. The third kappa shape index (κ3) is 4.70. The van der Waals surface area contributed by atoms with E-state index in [1.54, 1.807) is 24.3 Å². The van der Waals surface area contributed by atoms with Gasteiger partial charge in [-0.1, -0.05) is 54.1 Å². The summed E-state index contributed by atoms with van der Waals surface area (Å²) in [5, 5.41) is 0.564. The van der Waals surface area contributed by atoms with Crippen LogP contribution in [0, 0.1) is 5.82 Å². The van der Waals surface area contributed by atoms with Gasteiger partial charge in [-0.25, -0.2) is 9.29 Å². The summed E-state index contributed by atoms with van der Waals surface area (Å²) < 4.78 is 13.3. The first-order chi connectivity index (χ1) is 15.4. The second-order valence-corrected chi connectivity index (χ2v) is 8.01. The maximum absolute atomic E-state index is 13.3. The predicted octanol–water partition coefficient (Wildman–Crippen LogP) is 4.38. The molecule has 0 spiro atoms. The van der Waals surface area contributed by atoms with Gasteiger partial charge in [0.05, 0.1) is 18.5 Å². The highest BCUT2D eigenvalue weighted by Crippen LogP contribution is 2.27. The molecule has 0 bridgehead atoms. The number of imide groups is 1. The number of rotatable bonds is 6. The van der Waals surface area contributed by atoms with E-state index in [1.165, 1.54) is 29.2 Å². The van der Waals surface area contributed by atoms with E-state index in [-0.39, 0.29) is 31.0 Å². The molecule has 1 fully saturated rings. The minimum Gasteiger partial charge on any atom is -0.325 e. The summed E-state index contributed by atoms with van der Waals surface area (Å²) in [6, 6.07) is 20.4. The fraction of sp³-hybridized carbons (Fsp3) is 0.160. The Labute approximate surface area is 190 Å². The van der Waals surface area contributed by atoms with E-state index >= 15 is 0 Å². The molecule has 5 nitrogen and oxygen atoms in total. The van der Waals surface area contributed by atoms with E-state index in [9.17, 15) is 18.8 Å². The van der Waals surface area contributed by atoms with Crippen molar-refractivity contribution < 1.29 is 18.8 Å². The number of nitrogens with zero attached hydrogens (tertiary/aromatic N) is 2. The largest absolute Gasteiger partial charge is 0.325 e. The summed E-state index contributed by atoms with van der Waals surface area (Å²) in [5.74, 6) is -1.66. The van der Waals surface area contributed by atoms with E-state index in [1.807, 2.05) is 30.3 Å². The normalized spacial score (nSPS) is 15.8. The lowest BCUT2D eigenvalue weighted by Gasteiger charge is -2.28. The number of carbonyl (C=O) groups is 3. The van der Waals surface area contributed by atoms with Crippen molar-refractivity contribution >= 4 is 35.0 Å². The molecule has 1 aliphatic rings. The zero-order valence-corrected chi connectivity index (χ0v) is 17.8. The number of hydrogen-bond acceptors (Lipinski definition) is 3. The quantitative estimate of drug-likeness (QED) is 0.523. The van der Waals surface area contributed by atoms with Crippen molar-refractivity contribution in [1.29, 1.82) is 0 Å². The molecule has 4 rings (SSSR count). The lowest BCUT2D eigenvalue weighted by molar-refractivity contribution is -0.138. The van der Waals surface area contributed by atoms with Crippen LogP contribution in [0.5, 0.6) is 0 Å². The first-order valence-corrected chi connectivity index (χ1v) is 10.5. The number of anilines is 1. The summed E-state index contributed by atoms with van der Waals surface area (Å²) in [6.07, 6.45) is -0.0616. The molecular formula is C25H20ClFN2O3. The second kappa shape index (κ2) is 9.32. The summed E-state index contributed by atoms with van der Waals surface area (Å²) in [6.45, 7) is 0.189. The highest BCUT2D eigenvalue weighted by atomic mass is 35.5. The monoisotopic (exact) mass is 450 g/mol. The van der Waals surface area contributed by atoms with Gasteiger partial charge in [-0.3, -0.25) is 14.4 Å². The van der Waals surface area contributed by atoms with E-state index < -0.39 is 23.7 Å². The average molecular weight is 451 g/mol. The maximum atomic E-state index is 13.3. The van der Waals surface area contributed by atoms with Crippen LogP contribution >= 0.6 is 11.6 Å². The van der Waals surface area contributed by atoms with Crippen LogP contribution in [0.4, 0.5) is 10.1 Å². The summed E-state index contributed by atoms with van der Waals surface area (Å²) in [4.78, 5) is 41.7. The van der Waals surface area contributed by atoms with Crippen molar-refractivity contribution in [1.82, 2.24) is 4.90 Å². The van der Waals surface area contributed by atoms with E-state index in [4.69, 9.17) is 11.6 Å². The van der Waals surface area contributed by atoms with Gasteiger partial charge in [-0.15, -0.1) is 0 Å². The van der Waals surface area contributed by atoms with Crippen molar-refractivity contribution in [2.24, 2.45) is 0 Å². The van der Waals surface area contributed by atoms with Gasteiger partial charge in [-0.05, 0) is 47.5 Å². The van der Waals surface area contributed by atoms with Gasteiger partial charge in [0.25, 0.3) is 5.91 Å². The average Bonchev–Trinajstić information content (AvgIpc) is 3.08. The van der Waals surface area contributed by atoms with Crippen molar-refractivity contribution in [3.05, 3.63) is 101 Å². The molecule has 0 aliphatic carbocycles. The zero-order chi connectivity index (χ0) is 22.7. The lowest BCUT2D eigenvalue weighted by Crippen LogP contribution is -2.45. The molecule has 7 heteroatoms. The number of benzene rings is 3. The smallest absolute Gasteiger partial charge is 0.257 e. The molecule has 0 N–H and O–H groups in total. The molecule has 1 saturated heterocycles. The molecule has 0 aromatic heterocycles. The maximum Gasteiger partial charge on any atom is 0.257 e. The predicted molar refractivity (Wildman–Crippen MR) is 119 cm³/mol. The van der Waals surface area contributed by atoms with Crippen molar-refractivity contribution in [3.8, 4) is 0 Å². The fourth-order valence-electron chi connectivity index (χ4n) is 3.75. The number of hydrogen-bond donors (Lipinski definition) is 0. The first kappa shape index (κ1) is 21.7. The van der Waals surface area contributed by atoms with Crippen LogP contribution < -0.4 is 4.90 Å². The summed E-state index contributed by atoms with van der Waals surface area (Å²) in [5.41, 5.74) is 1.88. The number of amides is 3. The van der Waals surface area contributed by atoms with Gasteiger partial charge in [-0.2, -0.15) is 0 Å². The van der Waals surface area contributed by atoms with E-state index in [2.05, 4.69) is 0 Å². The molecule has 1 atom stereocenters. The highest BCUT2D eigenvalue weighted by molar-refractivity contribution is 6.30. The topological polar surface area (TPSA) is 57.7 Å². The van der Waals surface area contributed by atoms with Gasteiger partial charge >= 0.3 is 0 Å². The Morgan fingerprint density at radius 2 is 1.59 bits per heavy atom. The van der Waals surface area contributed by atoms with Crippen LogP contribution in [-0.4, -0.2) is 28.7 Å². The van der Waals surface area contributed by atoms with Crippen molar-refractivity contribution in [2.75, 3.05) is 4.90 Å². The molecule has 3 aromatic rings. The molecule has 32 heavy (non-hydrogen) atoms. The second-order valence-electron chi connectivity index (χ2n) is 7.57. The van der Waals surface area contributed by atoms with E-state index in [0.29, 0.717) is 5.02 Å². The Kier molecular flexibility index (Phi) is 6.32.